The Morgan fingerprint density at radius 3 is 2.88 bits per heavy atom. The van der Waals surface area contributed by atoms with Gasteiger partial charge in [-0.25, -0.2) is 9.18 Å². The molecule has 184 valence electrons. The van der Waals surface area contributed by atoms with Gasteiger partial charge in [0.2, 0.25) is 0 Å². The molecule has 1 aliphatic heterocycles. The Balaban J connectivity index is 1.45. The smallest absolute Gasteiger partial charge is 0.317 e. The topological polar surface area (TPSA) is 79.9 Å². The fraction of sp³-hybridized carbons (Fsp3) is 0.667. The van der Waals surface area contributed by atoms with Crippen molar-refractivity contribution in [1.29, 1.82) is 0 Å². The first-order valence-electron chi connectivity index (χ1n) is 11.9. The second-order valence-corrected chi connectivity index (χ2v) is 9.67. The zero-order chi connectivity index (χ0) is 23.5. The fourth-order valence-electron chi connectivity index (χ4n) is 3.89. The van der Waals surface area contributed by atoms with Crippen LogP contribution in [0.3, 0.4) is 0 Å². The van der Waals surface area contributed by atoms with Crippen LogP contribution in [0.4, 0.5) is 9.18 Å². The van der Waals surface area contributed by atoms with E-state index in [4.69, 9.17) is 9.47 Å². The molecule has 9 heteroatoms. The minimum atomic E-state index is -0.311. The molecule has 0 radical (unpaired) electrons. The summed E-state index contributed by atoms with van der Waals surface area (Å²) in [4.78, 5) is 24.0. The summed E-state index contributed by atoms with van der Waals surface area (Å²) in [5, 5.41) is 2.56. The molecule has 1 saturated heterocycles. The van der Waals surface area contributed by atoms with Crippen LogP contribution in [0, 0.1) is 17.7 Å². The van der Waals surface area contributed by atoms with E-state index in [0.29, 0.717) is 37.3 Å². The molecule has 0 spiro atoms. The van der Waals surface area contributed by atoms with Gasteiger partial charge in [0, 0.05) is 37.9 Å². The van der Waals surface area contributed by atoms with E-state index >= 15 is 0 Å². The first-order valence-corrected chi connectivity index (χ1v) is 12.9. The molecule has 33 heavy (non-hydrogen) atoms. The van der Waals surface area contributed by atoms with Crippen LogP contribution in [-0.4, -0.2) is 62.9 Å². The van der Waals surface area contributed by atoms with Gasteiger partial charge in [0.15, 0.2) is 11.6 Å². The average molecular weight is 482 g/mol. The zero-order valence-electron chi connectivity index (χ0n) is 19.4. The molecule has 2 atom stereocenters. The first-order chi connectivity index (χ1) is 16.1. The van der Waals surface area contributed by atoms with Crippen molar-refractivity contribution in [3.05, 3.63) is 29.6 Å². The molecule has 1 saturated carbocycles. The van der Waals surface area contributed by atoms with Gasteiger partial charge >= 0.3 is 6.03 Å². The van der Waals surface area contributed by atoms with Crippen molar-refractivity contribution < 1.29 is 23.5 Å². The van der Waals surface area contributed by atoms with E-state index in [2.05, 4.69) is 10.0 Å². The van der Waals surface area contributed by atoms with Crippen LogP contribution in [0.1, 0.15) is 50.1 Å². The SMILES string of the molecule is CNC(=O)N(CC=O)CCCCCSNC(c1ccc(F)c(OCC2CC2)c1)C1CCOC1. The standard InChI is InChI=1S/C24H36FN3O4S/c1-26-24(30)28(11-12-29)10-3-2-4-14-33-27-23(20-9-13-31-17-20)19-7-8-21(25)22(15-19)32-16-18-5-6-18/h7-8,12,15,18,20,23,27H,2-6,9-11,13-14,16-17H2,1H3,(H,26,30). The second-order valence-electron chi connectivity index (χ2n) is 8.74. The van der Waals surface area contributed by atoms with Gasteiger partial charge in [-0.2, -0.15) is 0 Å². The molecule has 0 aromatic heterocycles. The van der Waals surface area contributed by atoms with Crippen LogP contribution in [0.25, 0.3) is 0 Å². The van der Waals surface area contributed by atoms with E-state index in [1.165, 1.54) is 23.8 Å². The lowest BCUT2D eigenvalue weighted by atomic mass is 9.93. The Morgan fingerprint density at radius 2 is 2.18 bits per heavy atom. The van der Waals surface area contributed by atoms with Crippen molar-refractivity contribution in [2.24, 2.45) is 11.8 Å². The summed E-state index contributed by atoms with van der Waals surface area (Å²) in [6, 6.07) is 5.03. The molecule has 7 nitrogen and oxygen atoms in total. The van der Waals surface area contributed by atoms with Crippen molar-refractivity contribution >= 4 is 24.3 Å². The number of unbranched alkanes of at least 4 members (excludes halogenated alkanes) is 2. The minimum Gasteiger partial charge on any atom is -0.490 e. The number of halogens is 1. The van der Waals surface area contributed by atoms with Crippen molar-refractivity contribution in [2.45, 2.75) is 44.6 Å². The van der Waals surface area contributed by atoms with Gasteiger partial charge in [0.1, 0.15) is 6.29 Å². The molecule has 1 aromatic rings. The van der Waals surface area contributed by atoms with Crippen LogP contribution >= 0.6 is 11.9 Å². The van der Waals surface area contributed by atoms with Crippen LogP contribution < -0.4 is 14.8 Å². The molecule has 1 aromatic carbocycles. The minimum absolute atomic E-state index is 0.0673. The molecule has 2 N–H and O–H groups in total. The number of ether oxygens (including phenoxy) is 2. The van der Waals surface area contributed by atoms with E-state index in [0.717, 1.165) is 49.9 Å². The number of hydrogen-bond donors (Lipinski definition) is 2. The third kappa shape index (κ3) is 8.46. The number of carbonyl (C=O) groups is 2. The molecule has 2 aliphatic rings. The summed E-state index contributed by atoms with van der Waals surface area (Å²) in [5.74, 6) is 1.86. The van der Waals surface area contributed by atoms with Gasteiger partial charge < -0.3 is 24.5 Å². The highest BCUT2D eigenvalue weighted by Gasteiger charge is 2.28. The van der Waals surface area contributed by atoms with E-state index in [-0.39, 0.29) is 24.4 Å². The Morgan fingerprint density at radius 1 is 1.33 bits per heavy atom. The summed E-state index contributed by atoms with van der Waals surface area (Å²) in [5.41, 5.74) is 1.03. The van der Waals surface area contributed by atoms with Gasteiger partial charge in [-0.15, -0.1) is 0 Å². The quantitative estimate of drug-likeness (QED) is 0.224. The Kier molecular flexibility index (Phi) is 10.8. The lowest BCUT2D eigenvalue weighted by Gasteiger charge is -2.24. The van der Waals surface area contributed by atoms with E-state index in [9.17, 15) is 14.0 Å². The summed E-state index contributed by atoms with van der Waals surface area (Å²) >= 11 is 1.67. The Hall–Kier alpha value is -1.84. The van der Waals surface area contributed by atoms with Gasteiger partial charge in [0.05, 0.1) is 19.8 Å². The van der Waals surface area contributed by atoms with Crippen LogP contribution in [0.15, 0.2) is 18.2 Å². The lowest BCUT2D eigenvalue weighted by molar-refractivity contribution is -0.108. The normalized spacial score (nSPS) is 18.7. The maximum atomic E-state index is 14.3. The summed E-state index contributed by atoms with van der Waals surface area (Å²) < 4.78 is 29.2. The number of nitrogens with zero attached hydrogens (tertiary/aromatic N) is 1. The highest BCUT2D eigenvalue weighted by Crippen LogP contribution is 2.34. The molecule has 2 fully saturated rings. The number of amides is 2. The molecule has 1 heterocycles. The zero-order valence-corrected chi connectivity index (χ0v) is 20.2. The average Bonchev–Trinajstić information content (AvgIpc) is 3.50. The van der Waals surface area contributed by atoms with Gasteiger partial charge in [-0.1, -0.05) is 24.4 Å². The Bertz CT molecular complexity index is 759. The molecule has 0 bridgehead atoms. The van der Waals surface area contributed by atoms with E-state index in [1.54, 1.807) is 19.0 Å². The van der Waals surface area contributed by atoms with Crippen LogP contribution in [0.2, 0.25) is 0 Å². The number of hydrogen-bond acceptors (Lipinski definition) is 6. The highest BCUT2D eigenvalue weighted by atomic mass is 32.2. The molecule has 1 aliphatic carbocycles. The maximum absolute atomic E-state index is 14.3. The molecular formula is C24H36FN3O4S. The number of carbonyl (C=O) groups excluding carboxylic acids is 2. The first kappa shape index (κ1) is 25.8. The van der Waals surface area contributed by atoms with Crippen LogP contribution in [0.5, 0.6) is 5.75 Å². The highest BCUT2D eigenvalue weighted by molar-refractivity contribution is 7.97. The lowest BCUT2D eigenvalue weighted by Crippen LogP contribution is -2.39. The van der Waals surface area contributed by atoms with Crippen LogP contribution in [-0.2, 0) is 9.53 Å². The third-order valence-electron chi connectivity index (χ3n) is 6.10. The number of rotatable bonds is 15. The number of nitrogens with one attached hydrogen (secondary N) is 2. The van der Waals surface area contributed by atoms with Gasteiger partial charge in [0.25, 0.3) is 0 Å². The van der Waals surface area contributed by atoms with Crippen molar-refractivity contribution in [2.75, 3.05) is 45.7 Å². The number of benzene rings is 1. The predicted molar refractivity (Wildman–Crippen MR) is 128 cm³/mol. The number of urea groups is 1. The maximum Gasteiger partial charge on any atom is 0.317 e. The monoisotopic (exact) mass is 481 g/mol. The summed E-state index contributed by atoms with van der Waals surface area (Å²) in [6.07, 6.45) is 6.87. The molecule has 3 rings (SSSR count). The van der Waals surface area contributed by atoms with Crippen molar-refractivity contribution in [3.8, 4) is 5.75 Å². The predicted octanol–water partition coefficient (Wildman–Crippen LogP) is 3.94. The van der Waals surface area contributed by atoms with Gasteiger partial charge in [-0.05, 0) is 55.7 Å². The van der Waals surface area contributed by atoms with E-state index in [1.807, 2.05) is 12.1 Å². The fourth-order valence-corrected chi connectivity index (χ4v) is 4.87. The summed E-state index contributed by atoms with van der Waals surface area (Å²) in [6.45, 7) is 2.72. The Labute approximate surface area is 200 Å². The van der Waals surface area contributed by atoms with E-state index < -0.39 is 0 Å². The third-order valence-corrected chi connectivity index (χ3v) is 7.02. The molecule has 2 unspecified atom stereocenters. The second kappa shape index (κ2) is 13.8. The molecule has 2 amide bonds. The largest absolute Gasteiger partial charge is 0.490 e. The molecular weight excluding hydrogens is 445 g/mol. The van der Waals surface area contributed by atoms with Crippen molar-refractivity contribution in [1.82, 2.24) is 14.9 Å². The summed E-state index contributed by atoms with van der Waals surface area (Å²) in [7, 11) is 1.57. The van der Waals surface area contributed by atoms with Gasteiger partial charge in [-0.3, -0.25) is 4.72 Å². The van der Waals surface area contributed by atoms with Crippen molar-refractivity contribution in [3.63, 3.8) is 0 Å². The number of aldehydes is 1.